The van der Waals surface area contributed by atoms with Crippen molar-refractivity contribution < 1.29 is 9.53 Å². The highest BCUT2D eigenvalue weighted by Gasteiger charge is 2.21. The van der Waals surface area contributed by atoms with E-state index in [2.05, 4.69) is 31.3 Å². The maximum Gasteiger partial charge on any atom is 0.318 e. The summed E-state index contributed by atoms with van der Waals surface area (Å²) in [6.07, 6.45) is 2.00. The van der Waals surface area contributed by atoms with Gasteiger partial charge in [0, 0.05) is 18.1 Å². The minimum Gasteiger partial charge on any atom is -0.457 e. The molecule has 0 aromatic heterocycles. The maximum absolute atomic E-state index is 13.0. The van der Waals surface area contributed by atoms with E-state index < -0.39 is 0 Å². The molecule has 162 valence electrons. The first kappa shape index (κ1) is 22.7. The van der Waals surface area contributed by atoms with Gasteiger partial charge < -0.3 is 15.0 Å². The summed E-state index contributed by atoms with van der Waals surface area (Å²) in [7, 11) is 0. The maximum atomic E-state index is 13.0. The van der Waals surface area contributed by atoms with E-state index in [-0.39, 0.29) is 12.1 Å². The van der Waals surface area contributed by atoms with Crippen LogP contribution in [-0.4, -0.2) is 17.5 Å². The molecule has 3 rings (SSSR count). The second kappa shape index (κ2) is 11.4. The van der Waals surface area contributed by atoms with Crippen LogP contribution in [-0.2, 0) is 6.54 Å². The van der Waals surface area contributed by atoms with Gasteiger partial charge in [0.2, 0.25) is 0 Å². The summed E-state index contributed by atoms with van der Waals surface area (Å²) >= 11 is 5.95. The Labute approximate surface area is 189 Å². The zero-order valence-electron chi connectivity index (χ0n) is 18.1. The van der Waals surface area contributed by atoms with E-state index in [0.717, 1.165) is 29.7 Å². The van der Waals surface area contributed by atoms with Crippen LogP contribution in [0, 0.1) is 0 Å². The summed E-state index contributed by atoms with van der Waals surface area (Å²) in [5.74, 6) is 1.44. The molecule has 0 aliphatic carbocycles. The number of amides is 2. The molecule has 1 atom stereocenters. The molecule has 1 unspecified atom stereocenters. The summed E-state index contributed by atoms with van der Waals surface area (Å²) in [6, 6.07) is 25.1. The van der Waals surface area contributed by atoms with E-state index in [9.17, 15) is 4.79 Å². The third-order valence-corrected chi connectivity index (χ3v) is 5.37. The van der Waals surface area contributed by atoms with Crippen molar-refractivity contribution in [3.8, 4) is 11.5 Å². The van der Waals surface area contributed by atoms with Crippen molar-refractivity contribution >= 4 is 17.6 Å². The topological polar surface area (TPSA) is 41.6 Å². The number of hydrogen-bond donors (Lipinski definition) is 1. The van der Waals surface area contributed by atoms with Crippen LogP contribution in [0.3, 0.4) is 0 Å². The fraction of sp³-hybridized carbons (Fsp3) is 0.269. The molecular formula is C26H29ClN2O2. The predicted octanol–water partition coefficient (Wildman–Crippen LogP) is 7.21. The van der Waals surface area contributed by atoms with Crippen molar-refractivity contribution in [3.05, 3.63) is 95.0 Å². The first-order chi connectivity index (χ1) is 15.1. The van der Waals surface area contributed by atoms with Gasteiger partial charge in [0.05, 0.1) is 6.04 Å². The summed E-state index contributed by atoms with van der Waals surface area (Å²) in [6.45, 7) is 5.32. The first-order valence-electron chi connectivity index (χ1n) is 10.7. The number of carbonyl (C=O) groups is 1. The molecule has 0 aliphatic heterocycles. The Hall–Kier alpha value is -2.98. The molecule has 4 nitrogen and oxygen atoms in total. The van der Waals surface area contributed by atoms with Gasteiger partial charge in [-0.25, -0.2) is 4.79 Å². The van der Waals surface area contributed by atoms with Crippen molar-refractivity contribution in [2.45, 2.75) is 39.3 Å². The van der Waals surface area contributed by atoms with E-state index >= 15 is 0 Å². The molecule has 0 bridgehead atoms. The number of benzene rings is 3. The van der Waals surface area contributed by atoms with Crippen LogP contribution in [0.4, 0.5) is 4.79 Å². The summed E-state index contributed by atoms with van der Waals surface area (Å²) in [5, 5.41) is 3.72. The minimum absolute atomic E-state index is 0.0613. The van der Waals surface area contributed by atoms with Gasteiger partial charge in [0.25, 0.3) is 0 Å². The number of hydrogen-bond acceptors (Lipinski definition) is 2. The number of nitrogens with one attached hydrogen (secondary N) is 1. The lowest BCUT2D eigenvalue weighted by atomic mass is 10.1. The molecule has 0 radical (unpaired) electrons. The summed E-state index contributed by atoms with van der Waals surface area (Å²) < 4.78 is 5.96. The van der Waals surface area contributed by atoms with Gasteiger partial charge >= 0.3 is 6.03 Å². The largest absolute Gasteiger partial charge is 0.457 e. The highest BCUT2D eigenvalue weighted by atomic mass is 35.5. The zero-order chi connectivity index (χ0) is 22.1. The summed E-state index contributed by atoms with van der Waals surface area (Å²) in [5.41, 5.74) is 2.10. The molecule has 0 heterocycles. The van der Waals surface area contributed by atoms with Crippen LogP contribution >= 0.6 is 11.6 Å². The Bertz CT molecular complexity index is 961. The Kier molecular flexibility index (Phi) is 8.36. The molecule has 0 spiro atoms. The second-order valence-corrected chi connectivity index (χ2v) is 7.94. The average molecular weight is 437 g/mol. The molecule has 5 heteroatoms. The molecule has 3 aromatic carbocycles. The predicted molar refractivity (Wildman–Crippen MR) is 127 cm³/mol. The standard InChI is InChI=1S/C26H29ClN2O2/c1-3-4-17-28-26(30)29(20(2)22-10-6-5-7-11-22)19-21-9-8-12-25(18-21)31-24-15-13-23(27)14-16-24/h5-16,18,20H,3-4,17,19H2,1-2H3,(H,28,30). The Morgan fingerprint density at radius 2 is 1.74 bits per heavy atom. The fourth-order valence-corrected chi connectivity index (χ4v) is 3.44. The smallest absolute Gasteiger partial charge is 0.318 e. The Balaban J connectivity index is 1.78. The van der Waals surface area contributed by atoms with Crippen molar-refractivity contribution in [2.75, 3.05) is 6.54 Å². The highest BCUT2D eigenvalue weighted by Crippen LogP contribution is 2.26. The SMILES string of the molecule is CCCCNC(=O)N(Cc1cccc(Oc2ccc(Cl)cc2)c1)C(C)c1ccccc1. The van der Waals surface area contributed by atoms with Crippen LogP contribution in [0.2, 0.25) is 5.02 Å². The van der Waals surface area contributed by atoms with E-state index in [0.29, 0.717) is 23.9 Å². The molecule has 0 saturated heterocycles. The van der Waals surface area contributed by atoms with E-state index in [1.807, 2.05) is 59.5 Å². The monoisotopic (exact) mass is 436 g/mol. The molecular weight excluding hydrogens is 408 g/mol. The average Bonchev–Trinajstić information content (AvgIpc) is 2.79. The van der Waals surface area contributed by atoms with E-state index in [1.54, 1.807) is 12.1 Å². The third-order valence-electron chi connectivity index (χ3n) is 5.12. The molecule has 2 amide bonds. The molecule has 0 saturated carbocycles. The number of ether oxygens (including phenoxy) is 1. The lowest BCUT2D eigenvalue weighted by Crippen LogP contribution is -2.41. The van der Waals surface area contributed by atoms with Crippen molar-refractivity contribution in [2.24, 2.45) is 0 Å². The van der Waals surface area contributed by atoms with Gasteiger partial charge in [-0.1, -0.05) is 67.4 Å². The van der Waals surface area contributed by atoms with Gasteiger partial charge in [0.15, 0.2) is 0 Å². The fourth-order valence-electron chi connectivity index (χ4n) is 3.31. The van der Waals surface area contributed by atoms with Gasteiger partial charge in [0.1, 0.15) is 11.5 Å². The number of urea groups is 1. The molecule has 31 heavy (non-hydrogen) atoms. The second-order valence-electron chi connectivity index (χ2n) is 7.50. The van der Waals surface area contributed by atoms with Crippen molar-refractivity contribution in [1.29, 1.82) is 0 Å². The number of halogens is 1. The van der Waals surface area contributed by atoms with Gasteiger partial charge in [-0.15, -0.1) is 0 Å². The third kappa shape index (κ3) is 6.76. The van der Waals surface area contributed by atoms with Crippen LogP contribution < -0.4 is 10.1 Å². The summed E-state index contributed by atoms with van der Waals surface area (Å²) in [4.78, 5) is 14.9. The van der Waals surface area contributed by atoms with E-state index in [4.69, 9.17) is 16.3 Å². The lowest BCUT2D eigenvalue weighted by molar-refractivity contribution is 0.175. The van der Waals surface area contributed by atoms with Crippen LogP contribution in [0.25, 0.3) is 0 Å². The molecule has 3 aromatic rings. The van der Waals surface area contributed by atoms with E-state index in [1.165, 1.54) is 0 Å². The number of rotatable bonds is 9. The van der Waals surface area contributed by atoms with Crippen molar-refractivity contribution in [3.63, 3.8) is 0 Å². The lowest BCUT2D eigenvalue weighted by Gasteiger charge is -2.30. The Morgan fingerprint density at radius 3 is 2.45 bits per heavy atom. The molecule has 0 aliphatic rings. The number of nitrogens with zero attached hydrogens (tertiary/aromatic N) is 1. The zero-order valence-corrected chi connectivity index (χ0v) is 18.8. The van der Waals surface area contributed by atoms with Gasteiger partial charge in [-0.3, -0.25) is 0 Å². The number of unbranched alkanes of at least 4 members (excludes halogenated alkanes) is 1. The quantitative estimate of drug-likeness (QED) is 0.360. The number of carbonyl (C=O) groups excluding carboxylic acids is 1. The highest BCUT2D eigenvalue weighted by molar-refractivity contribution is 6.30. The van der Waals surface area contributed by atoms with Crippen molar-refractivity contribution in [1.82, 2.24) is 10.2 Å². The minimum atomic E-state index is -0.0660. The Morgan fingerprint density at radius 1 is 1.00 bits per heavy atom. The normalized spacial score (nSPS) is 11.6. The van der Waals surface area contributed by atoms with Gasteiger partial charge in [-0.05, 0) is 60.9 Å². The molecule has 1 N–H and O–H groups in total. The van der Waals surface area contributed by atoms with Crippen LogP contribution in [0.15, 0.2) is 78.9 Å². The van der Waals surface area contributed by atoms with Gasteiger partial charge in [-0.2, -0.15) is 0 Å². The van der Waals surface area contributed by atoms with Crippen LogP contribution in [0.1, 0.15) is 43.9 Å². The van der Waals surface area contributed by atoms with Crippen LogP contribution in [0.5, 0.6) is 11.5 Å². The first-order valence-corrected chi connectivity index (χ1v) is 11.1. The molecule has 0 fully saturated rings.